The molecule has 31 heavy (non-hydrogen) atoms. The van der Waals surface area contributed by atoms with Crippen LogP contribution in [0.5, 0.6) is 5.88 Å². The van der Waals surface area contributed by atoms with Crippen LogP contribution in [0.15, 0.2) is 71.0 Å². The van der Waals surface area contributed by atoms with Gasteiger partial charge >= 0.3 is 0 Å². The fourth-order valence-electron chi connectivity index (χ4n) is 3.08. The van der Waals surface area contributed by atoms with Crippen LogP contribution in [0.3, 0.4) is 0 Å². The molecule has 10 heteroatoms. The number of carbonyl (C=O) groups is 2. The van der Waals surface area contributed by atoms with Gasteiger partial charge in [-0.25, -0.2) is 0 Å². The second-order valence-corrected chi connectivity index (χ2v) is 7.22. The van der Waals surface area contributed by atoms with E-state index in [1.54, 1.807) is 60.7 Å². The zero-order chi connectivity index (χ0) is 22.1. The van der Waals surface area contributed by atoms with Crippen molar-refractivity contribution in [1.82, 2.24) is 14.9 Å². The number of aromatic nitrogens is 2. The molecule has 1 fully saturated rings. The van der Waals surface area contributed by atoms with Gasteiger partial charge in [-0.1, -0.05) is 36.4 Å². The van der Waals surface area contributed by atoms with Gasteiger partial charge in [-0.3, -0.25) is 29.6 Å². The largest absolute Gasteiger partial charge is 0.859 e. The summed E-state index contributed by atoms with van der Waals surface area (Å²) in [5.41, 5.74) is -0.761. The number of thiocarbonyl (C=S) groups is 1. The van der Waals surface area contributed by atoms with Crippen molar-refractivity contribution in [1.29, 1.82) is 0 Å². The third-order valence-corrected chi connectivity index (χ3v) is 5.09. The molecule has 0 spiro atoms. The van der Waals surface area contributed by atoms with Gasteiger partial charge in [0.15, 0.2) is 9.88 Å². The number of hydrogen-bond acceptors (Lipinski definition) is 6. The predicted octanol–water partition coefficient (Wildman–Crippen LogP) is 1.80. The molecule has 2 amide bonds. The second-order valence-electron chi connectivity index (χ2n) is 6.44. The summed E-state index contributed by atoms with van der Waals surface area (Å²) in [6.07, 6.45) is 0.963. The number of para-hydroxylation sites is 2. The van der Waals surface area contributed by atoms with Gasteiger partial charge in [-0.05, 0) is 60.7 Å². The standard InChI is InChI=1S/C21H14N4O4S2/c26-16-14(18(28)24(20(30)22-16)12-7-3-1-4-8-12)11-15-17(27)23-21(31)25(19(15)29)13-9-5-2-6-10-13/h1-11,28H,(H,22,26,30)(H,23,27,31)/p-1. The summed E-state index contributed by atoms with van der Waals surface area (Å²) in [4.78, 5) is 41.6. The average molecular weight is 449 g/mol. The highest BCUT2D eigenvalue weighted by molar-refractivity contribution is 7.80. The molecule has 0 unspecified atom stereocenters. The number of H-pyrrole nitrogens is 1. The molecular formula is C21H13N4O4S2-. The Morgan fingerprint density at radius 3 is 2.06 bits per heavy atom. The van der Waals surface area contributed by atoms with E-state index in [9.17, 15) is 19.5 Å². The van der Waals surface area contributed by atoms with Crippen molar-refractivity contribution in [3.63, 3.8) is 0 Å². The van der Waals surface area contributed by atoms with E-state index >= 15 is 0 Å². The van der Waals surface area contributed by atoms with Crippen molar-refractivity contribution in [2.45, 2.75) is 0 Å². The van der Waals surface area contributed by atoms with E-state index in [2.05, 4.69) is 10.3 Å². The molecule has 1 aliphatic heterocycles. The van der Waals surface area contributed by atoms with Crippen LogP contribution in [0, 0.1) is 4.77 Å². The molecule has 154 valence electrons. The number of benzene rings is 2. The summed E-state index contributed by atoms with van der Waals surface area (Å²) in [5.74, 6) is -2.32. The first-order chi connectivity index (χ1) is 14.9. The van der Waals surface area contributed by atoms with Gasteiger partial charge in [0.05, 0.1) is 5.69 Å². The molecule has 0 bridgehead atoms. The van der Waals surface area contributed by atoms with Crippen molar-refractivity contribution < 1.29 is 14.7 Å². The van der Waals surface area contributed by atoms with Crippen LogP contribution in [0.25, 0.3) is 11.8 Å². The zero-order valence-electron chi connectivity index (χ0n) is 15.7. The molecule has 4 rings (SSSR count). The Hall–Kier alpha value is -3.89. The Kier molecular flexibility index (Phi) is 5.32. The number of amides is 2. The molecule has 8 nitrogen and oxygen atoms in total. The van der Waals surface area contributed by atoms with Gasteiger partial charge in [0.25, 0.3) is 17.4 Å². The molecule has 0 aliphatic carbocycles. The van der Waals surface area contributed by atoms with E-state index in [4.69, 9.17) is 24.4 Å². The van der Waals surface area contributed by atoms with Crippen molar-refractivity contribution >= 4 is 53.1 Å². The first-order valence-electron chi connectivity index (χ1n) is 8.97. The fourth-order valence-corrected chi connectivity index (χ4v) is 3.64. The van der Waals surface area contributed by atoms with E-state index in [-0.39, 0.29) is 9.88 Å². The zero-order valence-corrected chi connectivity index (χ0v) is 17.3. The lowest BCUT2D eigenvalue weighted by Gasteiger charge is -2.29. The molecule has 0 radical (unpaired) electrons. The van der Waals surface area contributed by atoms with Crippen LogP contribution in [-0.4, -0.2) is 26.5 Å². The summed E-state index contributed by atoms with van der Waals surface area (Å²) in [6.45, 7) is 0. The Bertz CT molecular complexity index is 1360. The number of nitrogens with zero attached hydrogens (tertiary/aromatic N) is 2. The number of hydrogen-bond donors (Lipinski definition) is 2. The van der Waals surface area contributed by atoms with Gasteiger partial charge in [-0.15, -0.1) is 0 Å². The van der Waals surface area contributed by atoms with Crippen molar-refractivity contribution in [3.8, 4) is 11.6 Å². The summed E-state index contributed by atoms with van der Waals surface area (Å²) in [5, 5.41) is 15.4. The first kappa shape index (κ1) is 20.4. The Labute approximate surface area is 186 Å². The maximum absolute atomic E-state index is 13.1. The van der Waals surface area contributed by atoms with Gasteiger partial charge in [-0.2, -0.15) is 0 Å². The molecule has 2 N–H and O–H groups in total. The highest BCUT2D eigenvalue weighted by Crippen LogP contribution is 2.23. The van der Waals surface area contributed by atoms with Crippen LogP contribution in [0.1, 0.15) is 5.56 Å². The lowest BCUT2D eigenvalue weighted by Crippen LogP contribution is -2.54. The smallest absolute Gasteiger partial charge is 0.270 e. The normalized spacial score (nSPS) is 15.3. The summed E-state index contributed by atoms with van der Waals surface area (Å²) < 4.78 is 1.02. The summed E-state index contributed by atoms with van der Waals surface area (Å²) in [6, 6.07) is 16.9. The van der Waals surface area contributed by atoms with Crippen molar-refractivity contribution in [3.05, 3.63) is 86.9 Å². The predicted molar refractivity (Wildman–Crippen MR) is 119 cm³/mol. The molecule has 1 saturated heterocycles. The van der Waals surface area contributed by atoms with E-state index in [1.165, 1.54) is 0 Å². The van der Waals surface area contributed by atoms with Crippen LogP contribution >= 0.6 is 24.4 Å². The lowest BCUT2D eigenvalue weighted by atomic mass is 10.1. The van der Waals surface area contributed by atoms with E-state index < -0.39 is 34.4 Å². The minimum atomic E-state index is -0.810. The number of rotatable bonds is 3. The third-order valence-electron chi connectivity index (χ3n) is 4.52. The van der Waals surface area contributed by atoms with Gasteiger partial charge < -0.3 is 9.67 Å². The van der Waals surface area contributed by atoms with Gasteiger partial charge in [0, 0.05) is 11.3 Å². The molecule has 0 saturated carbocycles. The number of aromatic amines is 1. The highest BCUT2D eigenvalue weighted by Gasteiger charge is 2.34. The minimum Gasteiger partial charge on any atom is -0.859 e. The third kappa shape index (κ3) is 3.69. The Balaban J connectivity index is 1.87. The summed E-state index contributed by atoms with van der Waals surface area (Å²) >= 11 is 10.3. The van der Waals surface area contributed by atoms with Crippen LogP contribution in [0.4, 0.5) is 5.69 Å². The molecule has 3 aromatic rings. The maximum atomic E-state index is 13.1. The van der Waals surface area contributed by atoms with Crippen LogP contribution in [0.2, 0.25) is 0 Å². The quantitative estimate of drug-likeness (QED) is 0.358. The lowest BCUT2D eigenvalue weighted by molar-refractivity contribution is -0.278. The molecule has 2 aromatic carbocycles. The minimum absolute atomic E-state index is 0.102. The van der Waals surface area contributed by atoms with E-state index in [0.29, 0.717) is 11.4 Å². The van der Waals surface area contributed by atoms with Gasteiger partial charge in [0.1, 0.15) is 5.57 Å². The topological polar surface area (TPSA) is 110 Å². The molecular weight excluding hydrogens is 436 g/mol. The number of carbonyl (C=O) groups excluding carboxylic acids is 2. The Morgan fingerprint density at radius 2 is 1.45 bits per heavy atom. The van der Waals surface area contributed by atoms with E-state index in [1.807, 2.05) is 0 Å². The van der Waals surface area contributed by atoms with E-state index in [0.717, 1.165) is 15.5 Å². The number of anilines is 1. The number of nitrogens with one attached hydrogen (secondary N) is 2. The van der Waals surface area contributed by atoms with Crippen molar-refractivity contribution in [2.75, 3.05) is 4.90 Å². The molecule has 1 aromatic heterocycles. The summed E-state index contributed by atoms with van der Waals surface area (Å²) in [7, 11) is 0. The first-order valence-corrected chi connectivity index (χ1v) is 9.78. The van der Waals surface area contributed by atoms with Crippen LogP contribution in [-0.2, 0) is 9.59 Å². The molecule has 2 heterocycles. The monoisotopic (exact) mass is 449 g/mol. The SMILES string of the molecule is O=C1NC(=S)N(c2ccccc2)C(=O)C1=Cc1c([O-])n(-c2ccccc2)c(=S)[nH]c1=O. The van der Waals surface area contributed by atoms with Crippen LogP contribution < -0.4 is 20.9 Å². The second kappa shape index (κ2) is 8.09. The van der Waals surface area contributed by atoms with Gasteiger partial charge in [0.2, 0.25) is 0 Å². The molecule has 1 aliphatic rings. The fraction of sp³-hybridized carbons (Fsp3) is 0. The van der Waals surface area contributed by atoms with Crippen molar-refractivity contribution in [2.24, 2.45) is 0 Å². The Morgan fingerprint density at radius 1 is 0.871 bits per heavy atom. The highest BCUT2D eigenvalue weighted by atomic mass is 32.1. The average Bonchev–Trinajstić information content (AvgIpc) is 2.74. The molecule has 0 atom stereocenters. The maximum Gasteiger partial charge on any atom is 0.270 e.